The summed E-state index contributed by atoms with van der Waals surface area (Å²) in [7, 11) is -3.52. The van der Waals surface area contributed by atoms with Crippen LogP contribution in [0.1, 0.15) is 53.0 Å². The zero-order valence-electron chi connectivity index (χ0n) is 24.3. The van der Waals surface area contributed by atoms with Gasteiger partial charge in [-0.3, -0.25) is 14.4 Å². The minimum Gasteiger partial charge on any atom is -0.410 e. The third-order valence-corrected chi connectivity index (χ3v) is 9.12. The third-order valence-electron chi connectivity index (χ3n) is 7.83. The summed E-state index contributed by atoms with van der Waals surface area (Å²) >= 11 is 0. The van der Waals surface area contributed by atoms with Gasteiger partial charge in [0, 0.05) is 38.6 Å². The SMILES string of the molecule is CC(=O)[C@H](Cc1ccc(OC(=O)N2CCN(C(=O)C(C)C(C)(C)C)CC2)cc1)NC(=O)C1CCCN1S(C)(=O)=O. The maximum atomic E-state index is 12.8. The van der Waals surface area contributed by atoms with Gasteiger partial charge in [-0.25, -0.2) is 13.2 Å². The fraction of sp³-hybridized carbons (Fsp3) is 0.643. The summed E-state index contributed by atoms with van der Waals surface area (Å²) in [5.41, 5.74) is 0.608. The van der Waals surface area contributed by atoms with Crippen molar-refractivity contribution in [2.75, 3.05) is 39.0 Å². The van der Waals surface area contributed by atoms with Crippen LogP contribution in [0.15, 0.2) is 24.3 Å². The second kappa shape index (κ2) is 12.7. The van der Waals surface area contributed by atoms with Crippen molar-refractivity contribution in [1.82, 2.24) is 19.4 Å². The molecular formula is C28H42N4O7S. The number of rotatable bonds is 8. The molecule has 222 valence electrons. The van der Waals surface area contributed by atoms with Crippen LogP contribution in [0, 0.1) is 11.3 Å². The number of nitrogens with zero attached hydrogens (tertiary/aromatic N) is 3. The number of piperazine rings is 1. The molecule has 12 heteroatoms. The van der Waals surface area contributed by atoms with Gasteiger partial charge >= 0.3 is 6.09 Å². The van der Waals surface area contributed by atoms with E-state index in [4.69, 9.17) is 4.74 Å². The highest BCUT2D eigenvalue weighted by atomic mass is 32.2. The Hall–Kier alpha value is -2.99. The van der Waals surface area contributed by atoms with Crippen LogP contribution in [0.5, 0.6) is 5.75 Å². The molecule has 0 radical (unpaired) electrons. The van der Waals surface area contributed by atoms with Gasteiger partial charge in [-0.05, 0) is 49.3 Å². The average Bonchev–Trinajstić information content (AvgIpc) is 3.39. The van der Waals surface area contributed by atoms with Crippen molar-refractivity contribution in [2.45, 2.75) is 66.0 Å². The summed E-state index contributed by atoms with van der Waals surface area (Å²) in [6.45, 7) is 11.4. The van der Waals surface area contributed by atoms with Gasteiger partial charge in [0.05, 0.1) is 12.3 Å². The van der Waals surface area contributed by atoms with E-state index in [0.717, 1.165) is 11.8 Å². The number of amides is 3. The highest BCUT2D eigenvalue weighted by Gasteiger charge is 2.37. The normalized spacial score (nSPS) is 20.1. The molecule has 0 spiro atoms. The highest BCUT2D eigenvalue weighted by Crippen LogP contribution is 2.27. The van der Waals surface area contributed by atoms with Crippen LogP contribution < -0.4 is 10.1 Å². The Morgan fingerprint density at radius 3 is 2.10 bits per heavy atom. The summed E-state index contributed by atoms with van der Waals surface area (Å²) in [4.78, 5) is 53.9. The topological polar surface area (TPSA) is 133 Å². The minimum atomic E-state index is -3.52. The molecule has 3 rings (SSSR count). The fourth-order valence-electron chi connectivity index (χ4n) is 4.81. The molecule has 2 fully saturated rings. The first-order valence-electron chi connectivity index (χ1n) is 13.7. The van der Waals surface area contributed by atoms with Crippen molar-refractivity contribution in [1.29, 1.82) is 0 Å². The standard InChI is InChI=1S/C28H42N4O7S/c1-19(28(3,4)5)26(35)30-14-16-31(17-15-30)27(36)39-22-11-9-21(10-12-22)18-23(20(2)33)29-25(34)24-8-7-13-32(24)40(6,37)38/h9-12,19,23-24H,7-8,13-18H2,1-6H3,(H,29,34)/t19?,23-,24?/m0/s1. The predicted molar refractivity (Wildman–Crippen MR) is 150 cm³/mol. The van der Waals surface area contributed by atoms with Crippen LogP contribution in [-0.2, 0) is 30.8 Å². The third kappa shape index (κ3) is 8.03. The Labute approximate surface area is 237 Å². The number of ether oxygens (including phenoxy) is 1. The molecule has 2 heterocycles. The number of ketones is 1. The molecule has 2 unspecified atom stereocenters. The van der Waals surface area contributed by atoms with Gasteiger partial charge in [0.2, 0.25) is 21.8 Å². The van der Waals surface area contributed by atoms with Crippen molar-refractivity contribution in [3.63, 3.8) is 0 Å². The lowest BCUT2D eigenvalue weighted by Gasteiger charge is -2.37. The van der Waals surface area contributed by atoms with E-state index in [1.54, 1.807) is 34.1 Å². The lowest BCUT2D eigenvalue weighted by atomic mass is 9.81. The highest BCUT2D eigenvalue weighted by molar-refractivity contribution is 7.88. The molecule has 0 bridgehead atoms. The fourth-order valence-corrected chi connectivity index (χ4v) is 5.94. The lowest BCUT2D eigenvalue weighted by molar-refractivity contribution is -0.139. The zero-order chi connectivity index (χ0) is 29.8. The van der Waals surface area contributed by atoms with Gasteiger partial charge in [-0.2, -0.15) is 4.31 Å². The van der Waals surface area contributed by atoms with E-state index in [1.165, 1.54) is 11.2 Å². The van der Waals surface area contributed by atoms with Crippen LogP contribution in [0.25, 0.3) is 0 Å². The molecule has 3 atom stereocenters. The van der Waals surface area contributed by atoms with E-state index in [-0.39, 0.29) is 36.0 Å². The summed E-state index contributed by atoms with van der Waals surface area (Å²) in [6.07, 6.45) is 1.78. The first-order chi connectivity index (χ1) is 18.6. The monoisotopic (exact) mass is 578 g/mol. The second-order valence-corrected chi connectivity index (χ2v) is 13.8. The van der Waals surface area contributed by atoms with Crippen molar-refractivity contribution < 1.29 is 32.3 Å². The van der Waals surface area contributed by atoms with Crippen LogP contribution in [0.2, 0.25) is 0 Å². The van der Waals surface area contributed by atoms with Gasteiger partial charge in [0.1, 0.15) is 11.8 Å². The number of sulfonamides is 1. The van der Waals surface area contributed by atoms with E-state index in [1.807, 2.05) is 27.7 Å². The van der Waals surface area contributed by atoms with Crippen molar-refractivity contribution in [3.8, 4) is 5.75 Å². The van der Waals surface area contributed by atoms with E-state index < -0.39 is 34.1 Å². The van der Waals surface area contributed by atoms with Crippen molar-refractivity contribution >= 4 is 33.7 Å². The molecule has 2 saturated heterocycles. The van der Waals surface area contributed by atoms with Gasteiger partial charge in [0.15, 0.2) is 5.78 Å². The van der Waals surface area contributed by atoms with E-state index in [9.17, 15) is 27.6 Å². The molecule has 1 aromatic rings. The van der Waals surface area contributed by atoms with Gasteiger partial charge in [-0.1, -0.05) is 39.8 Å². The Morgan fingerprint density at radius 2 is 1.57 bits per heavy atom. The molecule has 3 amide bonds. The quantitative estimate of drug-likeness (QED) is 0.499. The predicted octanol–water partition coefficient (Wildman–Crippen LogP) is 2.05. The van der Waals surface area contributed by atoms with Gasteiger partial charge in [0.25, 0.3) is 0 Å². The molecule has 1 N–H and O–H groups in total. The summed E-state index contributed by atoms with van der Waals surface area (Å²) in [6, 6.07) is 5.04. The molecule has 11 nitrogen and oxygen atoms in total. The second-order valence-electron chi connectivity index (χ2n) is 11.8. The lowest BCUT2D eigenvalue weighted by Crippen LogP contribution is -2.53. The first kappa shape index (κ1) is 31.5. The average molecular weight is 579 g/mol. The molecule has 1 aromatic carbocycles. The maximum absolute atomic E-state index is 12.8. The molecule has 40 heavy (non-hydrogen) atoms. The molecule has 2 aliphatic heterocycles. The molecule has 0 saturated carbocycles. The number of carbonyl (C=O) groups is 4. The van der Waals surface area contributed by atoms with Crippen molar-refractivity contribution in [2.24, 2.45) is 11.3 Å². The van der Waals surface area contributed by atoms with Crippen LogP contribution >= 0.6 is 0 Å². The summed E-state index contributed by atoms with van der Waals surface area (Å²) < 4.78 is 30.7. The first-order valence-corrected chi connectivity index (χ1v) is 15.5. The van der Waals surface area contributed by atoms with Crippen LogP contribution in [0.3, 0.4) is 0 Å². The number of hydrogen-bond donors (Lipinski definition) is 1. The number of nitrogens with one attached hydrogen (secondary N) is 1. The smallest absolute Gasteiger partial charge is 0.410 e. The van der Waals surface area contributed by atoms with Crippen LogP contribution in [0.4, 0.5) is 4.79 Å². The Bertz CT molecular complexity index is 1200. The number of hydrogen-bond acceptors (Lipinski definition) is 7. The Morgan fingerprint density at radius 1 is 1.00 bits per heavy atom. The minimum absolute atomic E-state index is 0.0899. The van der Waals surface area contributed by atoms with Gasteiger partial charge < -0.3 is 19.9 Å². The number of carbonyl (C=O) groups excluding carboxylic acids is 4. The van der Waals surface area contributed by atoms with Gasteiger partial charge in [-0.15, -0.1) is 0 Å². The zero-order valence-corrected chi connectivity index (χ0v) is 25.1. The maximum Gasteiger partial charge on any atom is 0.415 e. The summed E-state index contributed by atoms with van der Waals surface area (Å²) in [5, 5.41) is 2.71. The van der Waals surface area contributed by atoms with Crippen molar-refractivity contribution in [3.05, 3.63) is 29.8 Å². The summed E-state index contributed by atoms with van der Waals surface area (Å²) in [5.74, 6) is -0.421. The Balaban J connectivity index is 1.53. The van der Waals surface area contributed by atoms with E-state index in [2.05, 4.69) is 5.32 Å². The molecular weight excluding hydrogens is 536 g/mol. The number of Topliss-reactive ketones (excluding diaryl/α,β-unsaturated/α-hetero) is 1. The number of benzene rings is 1. The largest absolute Gasteiger partial charge is 0.415 e. The van der Waals surface area contributed by atoms with E-state index >= 15 is 0 Å². The molecule has 0 aromatic heterocycles. The Kier molecular flexibility index (Phi) is 9.99. The molecule has 2 aliphatic rings. The van der Waals surface area contributed by atoms with Crippen LogP contribution in [-0.4, -0.2) is 97.3 Å². The van der Waals surface area contributed by atoms with E-state index in [0.29, 0.717) is 44.8 Å². The molecule has 0 aliphatic carbocycles.